The molecule has 3 heteroatoms. The van der Waals surface area contributed by atoms with E-state index >= 15 is 0 Å². The molecule has 0 nitrogen and oxygen atoms in total. The summed E-state index contributed by atoms with van der Waals surface area (Å²) in [5.41, 5.74) is 2.34. The van der Waals surface area contributed by atoms with E-state index in [1.165, 1.54) is 16.3 Å². The van der Waals surface area contributed by atoms with Crippen molar-refractivity contribution in [1.29, 1.82) is 0 Å². The lowest BCUT2D eigenvalue weighted by molar-refractivity contribution is 0.951. The molecular formula is C18H13BrCl2. The molecule has 0 N–H and O–H groups in total. The van der Waals surface area contributed by atoms with Crippen LogP contribution < -0.4 is 0 Å². The lowest BCUT2D eigenvalue weighted by atomic mass is 10.0. The Bertz CT molecular complexity index is 783. The highest BCUT2D eigenvalue weighted by atomic mass is 79.9. The van der Waals surface area contributed by atoms with Gasteiger partial charge in [-0.25, -0.2) is 0 Å². The van der Waals surface area contributed by atoms with Crippen molar-refractivity contribution in [2.45, 2.75) is 11.2 Å². The molecule has 0 aliphatic heterocycles. The topological polar surface area (TPSA) is 0 Å². The summed E-state index contributed by atoms with van der Waals surface area (Å²) in [6, 6.07) is 20.6. The predicted octanol–water partition coefficient (Wildman–Crippen LogP) is 6.83. The Labute approximate surface area is 142 Å². The third-order valence-corrected chi connectivity index (χ3v) is 4.91. The van der Waals surface area contributed by atoms with Gasteiger partial charge in [0.1, 0.15) is 0 Å². The summed E-state index contributed by atoms with van der Waals surface area (Å²) in [6.45, 7) is 0. The van der Waals surface area contributed by atoms with Crippen molar-refractivity contribution >= 4 is 49.9 Å². The van der Waals surface area contributed by atoms with Crippen LogP contribution in [0.15, 0.2) is 60.7 Å². The van der Waals surface area contributed by atoms with Gasteiger partial charge in [0.15, 0.2) is 0 Å². The average molecular weight is 380 g/mol. The van der Waals surface area contributed by atoms with Crippen LogP contribution in [0.2, 0.25) is 10.0 Å². The summed E-state index contributed by atoms with van der Waals surface area (Å²) in [5, 5.41) is 3.88. The lowest BCUT2D eigenvalue weighted by Crippen LogP contribution is -1.96. The highest BCUT2D eigenvalue weighted by Gasteiger charge is 2.12. The average Bonchev–Trinajstić information content (AvgIpc) is 2.47. The van der Waals surface area contributed by atoms with Crippen molar-refractivity contribution in [2.75, 3.05) is 0 Å². The normalized spacial score (nSPS) is 12.5. The molecule has 3 aromatic carbocycles. The van der Waals surface area contributed by atoms with Crippen LogP contribution in [-0.2, 0) is 6.42 Å². The molecule has 1 atom stereocenters. The molecule has 0 saturated heterocycles. The van der Waals surface area contributed by atoms with Gasteiger partial charge in [0, 0.05) is 14.9 Å². The van der Waals surface area contributed by atoms with Gasteiger partial charge in [-0.1, -0.05) is 87.7 Å². The Morgan fingerprint density at radius 3 is 2.38 bits per heavy atom. The van der Waals surface area contributed by atoms with Crippen LogP contribution in [0.5, 0.6) is 0 Å². The molecule has 3 aromatic rings. The standard InChI is InChI=1S/C18H13BrCl2/c19-17(16-8-7-15(20)11-18(16)21)10-12-5-6-13-3-1-2-4-14(13)9-12/h1-9,11,17H,10H2. The van der Waals surface area contributed by atoms with E-state index in [0.29, 0.717) is 10.0 Å². The number of rotatable bonds is 3. The molecule has 0 bridgehead atoms. The maximum absolute atomic E-state index is 6.27. The summed E-state index contributed by atoms with van der Waals surface area (Å²) >= 11 is 16.0. The van der Waals surface area contributed by atoms with Gasteiger partial charge in [-0.3, -0.25) is 0 Å². The van der Waals surface area contributed by atoms with E-state index in [4.69, 9.17) is 23.2 Å². The molecule has 0 aliphatic rings. The number of hydrogen-bond donors (Lipinski definition) is 0. The van der Waals surface area contributed by atoms with Crippen molar-refractivity contribution in [3.63, 3.8) is 0 Å². The fourth-order valence-electron chi connectivity index (χ4n) is 2.44. The Morgan fingerprint density at radius 1 is 0.857 bits per heavy atom. The second-order valence-electron chi connectivity index (χ2n) is 5.02. The van der Waals surface area contributed by atoms with Crippen molar-refractivity contribution in [2.24, 2.45) is 0 Å². The largest absolute Gasteiger partial charge is 0.0843 e. The van der Waals surface area contributed by atoms with Gasteiger partial charge in [0.05, 0.1) is 0 Å². The summed E-state index contributed by atoms with van der Waals surface area (Å²) in [4.78, 5) is 0.170. The zero-order valence-electron chi connectivity index (χ0n) is 11.2. The van der Waals surface area contributed by atoms with Gasteiger partial charge >= 0.3 is 0 Å². The second-order valence-corrected chi connectivity index (χ2v) is 6.97. The maximum atomic E-state index is 6.27. The van der Waals surface area contributed by atoms with E-state index in [0.717, 1.165) is 12.0 Å². The minimum Gasteiger partial charge on any atom is -0.0843 e. The maximum Gasteiger partial charge on any atom is 0.0464 e. The fourth-order valence-corrected chi connectivity index (χ4v) is 3.88. The molecule has 0 aromatic heterocycles. The van der Waals surface area contributed by atoms with Crippen LogP contribution in [-0.4, -0.2) is 0 Å². The molecule has 0 heterocycles. The van der Waals surface area contributed by atoms with Gasteiger partial charge in [-0.15, -0.1) is 0 Å². The van der Waals surface area contributed by atoms with E-state index in [2.05, 4.69) is 58.4 Å². The van der Waals surface area contributed by atoms with E-state index in [1.807, 2.05) is 12.1 Å². The first-order chi connectivity index (χ1) is 10.1. The molecule has 0 spiro atoms. The summed E-state index contributed by atoms with van der Waals surface area (Å²) in [5.74, 6) is 0. The summed E-state index contributed by atoms with van der Waals surface area (Å²) in [6.07, 6.45) is 0.881. The number of fused-ring (bicyclic) bond motifs is 1. The van der Waals surface area contributed by atoms with Crippen LogP contribution in [0, 0.1) is 0 Å². The zero-order valence-corrected chi connectivity index (χ0v) is 14.3. The van der Waals surface area contributed by atoms with Crippen LogP contribution in [0.25, 0.3) is 10.8 Å². The molecule has 0 radical (unpaired) electrons. The van der Waals surface area contributed by atoms with E-state index in [1.54, 1.807) is 6.07 Å². The fraction of sp³-hybridized carbons (Fsp3) is 0.111. The van der Waals surface area contributed by atoms with Gasteiger partial charge < -0.3 is 0 Å². The number of alkyl halides is 1. The Kier molecular flexibility index (Phi) is 4.54. The van der Waals surface area contributed by atoms with Crippen LogP contribution in [0.3, 0.4) is 0 Å². The van der Waals surface area contributed by atoms with Crippen molar-refractivity contribution in [3.8, 4) is 0 Å². The molecule has 0 amide bonds. The van der Waals surface area contributed by atoms with Crippen LogP contribution in [0.1, 0.15) is 16.0 Å². The van der Waals surface area contributed by atoms with Crippen LogP contribution in [0.4, 0.5) is 0 Å². The lowest BCUT2D eigenvalue weighted by Gasteiger charge is -2.13. The van der Waals surface area contributed by atoms with Crippen molar-refractivity contribution in [1.82, 2.24) is 0 Å². The van der Waals surface area contributed by atoms with Gasteiger partial charge in [-0.2, -0.15) is 0 Å². The van der Waals surface area contributed by atoms with Crippen molar-refractivity contribution in [3.05, 3.63) is 81.8 Å². The number of halogens is 3. The Morgan fingerprint density at radius 2 is 1.62 bits per heavy atom. The first kappa shape index (κ1) is 14.9. The summed E-state index contributed by atoms with van der Waals surface area (Å²) in [7, 11) is 0. The molecule has 1 unspecified atom stereocenters. The third kappa shape index (κ3) is 3.42. The van der Waals surface area contributed by atoms with E-state index < -0.39 is 0 Å². The van der Waals surface area contributed by atoms with Gasteiger partial charge in [0.2, 0.25) is 0 Å². The third-order valence-electron chi connectivity index (χ3n) is 3.53. The highest BCUT2D eigenvalue weighted by molar-refractivity contribution is 9.09. The molecule has 106 valence electrons. The Hall–Kier alpha value is -1.02. The first-order valence-corrected chi connectivity index (χ1v) is 8.37. The quantitative estimate of drug-likeness (QED) is 0.437. The molecule has 0 fully saturated rings. The minimum absolute atomic E-state index is 0.170. The molecule has 21 heavy (non-hydrogen) atoms. The van der Waals surface area contributed by atoms with Gasteiger partial charge in [0.25, 0.3) is 0 Å². The Balaban J connectivity index is 1.87. The van der Waals surface area contributed by atoms with Crippen molar-refractivity contribution < 1.29 is 0 Å². The first-order valence-electron chi connectivity index (χ1n) is 6.70. The van der Waals surface area contributed by atoms with E-state index in [9.17, 15) is 0 Å². The molecule has 3 rings (SSSR count). The molecule has 0 saturated carbocycles. The number of hydrogen-bond acceptors (Lipinski definition) is 0. The molecular weight excluding hydrogens is 367 g/mol. The monoisotopic (exact) mass is 378 g/mol. The minimum atomic E-state index is 0.170. The van der Waals surface area contributed by atoms with Gasteiger partial charge in [-0.05, 0) is 40.5 Å². The predicted molar refractivity (Wildman–Crippen MR) is 95.8 cm³/mol. The smallest absolute Gasteiger partial charge is 0.0464 e. The van der Waals surface area contributed by atoms with E-state index in [-0.39, 0.29) is 4.83 Å². The highest BCUT2D eigenvalue weighted by Crippen LogP contribution is 2.34. The summed E-state index contributed by atoms with van der Waals surface area (Å²) < 4.78 is 0. The number of benzene rings is 3. The SMILES string of the molecule is Clc1ccc(C(Br)Cc2ccc3ccccc3c2)c(Cl)c1. The zero-order chi connectivity index (χ0) is 14.8. The molecule has 0 aliphatic carbocycles. The van der Waals surface area contributed by atoms with Crippen LogP contribution >= 0.6 is 39.1 Å². The second kappa shape index (κ2) is 6.39.